The molecule has 0 radical (unpaired) electrons. The zero-order chi connectivity index (χ0) is 13.9. The first kappa shape index (κ1) is 14.2. The molecule has 1 aromatic carbocycles. The molecule has 2 N–H and O–H groups in total. The molecule has 2 rings (SSSR count). The van der Waals surface area contributed by atoms with Crippen LogP contribution in [0.15, 0.2) is 18.2 Å². The van der Waals surface area contributed by atoms with Gasteiger partial charge in [0, 0.05) is 11.6 Å². The fourth-order valence-electron chi connectivity index (χ4n) is 2.04. The molecule has 4 nitrogen and oxygen atoms in total. The second-order valence-electron chi connectivity index (χ2n) is 5.26. The summed E-state index contributed by atoms with van der Waals surface area (Å²) in [5.74, 6) is 1.62. The van der Waals surface area contributed by atoms with E-state index in [1.165, 1.54) is 5.56 Å². The molecule has 2 atom stereocenters. The number of ether oxygens (including phenoxy) is 2. The monoisotopic (exact) mass is 265 g/mol. The van der Waals surface area contributed by atoms with E-state index in [4.69, 9.17) is 9.47 Å². The predicted octanol–water partition coefficient (Wildman–Crippen LogP) is 2.27. The quantitative estimate of drug-likeness (QED) is 0.828. The van der Waals surface area contributed by atoms with Crippen LogP contribution < -0.4 is 14.8 Å². The summed E-state index contributed by atoms with van der Waals surface area (Å²) in [7, 11) is 0. The Bertz CT molecular complexity index is 431. The molecule has 1 aromatic rings. The van der Waals surface area contributed by atoms with Gasteiger partial charge < -0.3 is 19.9 Å². The molecule has 1 aliphatic heterocycles. The van der Waals surface area contributed by atoms with Crippen LogP contribution in [0.25, 0.3) is 0 Å². The Hall–Kier alpha value is -1.26. The van der Waals surface area contributed by atoms with E-state index in [9.17, 15) is 5.11 Å². The lowest BCUT2D eigenvalue weighted by molar-refractivity contribution is 0.00841. The van der Waals surface area contributed by atoms with Crippen LogP contribution in [0, 0.1) is 0 Å². The number of aliphatic hydroxyl groups is 1. The third kappa shape index (κ3) is 3.39. The summed E-state index contributed by atoms with van der Waals surface area (Å²) in [5.41, 5.74) is 0.392. The second-order valence-corrected chi connectivity index (χ2v) is 5.26. The van der Waals surface area contributed by atoms with Crippen molar-refractivity contribution in [2.45, 2.75) is 38.8 Å². The van der Waals surface area contributed by atoms with Crippen LogP contribution >= 0.6 is 0 Å². The van der Waals surface area contributed by atoms with Crippen LogP contribution in [0.3, 0.4) is 0 Å². The number of nitrogens with one attached hydrogen (secondary N) is 1. The molecule has 0 aliphatic carbocycles. The SMILES string of the molecule is CCNC1COc2cc(OCC(C)(O)CC)ccc21. The summed E-state index contributed by atoms with van der Waals surface area (Å²) in [6.07, 6.45) is 0.664. The van der Waals surface area contributed by atoms with Gasteiger partial charge in [-0.1, -0.05) is 13.8 Å². The highest BCUT2D eigenvalue weighted by atomic mass is 16.5. The van der Waals surface area contributed by atoms with Gasteiger partial charge in [0.2, 0.25) is 0 Å². The minimum atomic E-state index is -0.786. The van der Waals surface area contributed by atoms with Crippen molar-refractivity contribution in [2.75, 3.05) is 19.8 Å². The lowest BCUT2D eigenvalue weighted by Gasteiger charge is -2.21. The van der Waals surface area contributed by atoms with E-state index in [-0.39, 0.29) is 6.04 Å². The molecular formula is C15H23NO3. The fraction of sp³-hybridized carbons (Fsp3) is 0.600. The Kier molecular flexibility index (Phi) is 4.32. The molecule has 1 heterocycles. The lowest BCUT2D eigenvalue weighted by atomic mass is 10.1. The average molecular weight is 265 g/mol. The number of hydrogen-bond acceptors (Lipinski definition) is 4. The molecule has 4 heteroatoms. The summed E-state index contributed by atoms with van der Waals surface area (Å²) in [4.78, 5) is 0. The van der Waals surface area contributed by atoms with E-state index in [1.54, 1.807) is 6.92 Å². The topological polar surface area (TPSA) is 50.7 Å². The van der Waals surface area contributed by atoms with Gasteiger partial charge in [-0.05, 0) is 32.0 Å². The van der Waals surface area contributed by atoms with E-state index in [2.05, 4.69) is 12.2 Å². The molecule has 0 saturated heterocycles. The first-order valence-corrected chi connectivity index (χ1v) is 6.91. The summed E-state index contributed by atoms with van der Waals surface area (Å²) in [5, 5.41) is 13.3. The van der Waals surface area contributed by atoms with Crippen molar-refractivity contribution in [3.05, 3.63) is 23.8 Å². The fourth-order valence-corrected chi connectivity index (χ4v) is 2.04. The molecule has 0 spiro atoms. The van der Waals surface area contributed by atoms with Gasteiger partial charge in [0.15, 0.2) is 0 Å². The van der Waals surface area contributed by atoms with Crippen LogP contribution in [0.2, 0.25) is 0 Å². The maximum Gasteiger partial charge on any atom is 0.127 e. The standard InChI is InChI=1S/C15H23NO3/c1-4-15(3,17)10-19-11-6-7-12-13(16-5-2)9-18-14(12)8-11/h6-8,13,16-17H,4-5,9-10H2,1-3H3. The largest absolute Gasteiger partial charge is 0.491 e. The summed E-state index contributed by atoms with van der Waals surface area (Å²) in [6.45, 7) is 7.68. The number of likely N-dealkylation sites (N-methyl/N-ethyl adjacent to an activating group) is 1. The molecule has 1 aliphatic rings. The van der Waals surface area contributed by atoms with Crippen molar-refractivity contribution in [2.24, 2.45) is 0 Å². The van der Waals surface area contributed by atoms with Gasteiger partial charge in [-0.2, -0.15) is 0 Å². The molecular weight excluding hydrogens is 242 g/mol. The zero-order valence-electron chi connectivity index (χ0n) is 11.9. The smallest absolute Gasteiger partial charge is 0.127 e. The maximum absolute atomic E-state index is 9.92. The van der Waals surface area contributed by atoms with E-state index >= 15 is 0 Å². The van der Waals surface area contributed by atoms with Crippen LogP contribution in [-0.2, 0) is 0 Å². The van der Waals surface area contributed by atoms with E-state index in [0.29, 0.717) is 19.6 Å². The third-order valence-corrected chi connectivity index (χ3v) is 3.53. The van der Waals surface area contributed by atoms with Gasteiger partial charge in [-0.15, -0.1) is 0 Å². The minimum Gasteiger partial charge on any atom is -0.491 e. The van der Waals surface area contributed by atoms with Gasteiger partial charge in [0.25, 0.3) is 0 Å². The van der Waals surface area contributed by atoms with Gasteiger partial charge >= 0.3 is 0 Å². The molecule has 106 valence electrons. The molecule has 2 unspecified atom stereocenters. The molecule has 0 aromatic heterocycles. The Morgan fingerprint density at radius 2 is 2.26 bits per heavy atom. The van der Waals surface area contributed by atoms with Crippen LogP contribution in [0.1, 0.15) is 38.8 Å². The molecule has 0 fully saturated rings. The lowest BCUT2D eigenvalue weighted by Crippen LogP contribution is -2.31. The molecule has 19 heavy (non-hydrogen) atoms. The maximum atomic E-state index is 9.92. The summed E-state index contributed by atoms with van der Waals surface area (Å²) in [6, 6.07) is 6.14. The average Bonchev–Trinajstić information content (AvgIpc) is 2.80. The number of rotatable bonds is 6. The van der Waals surface area contributed by atoms with Crippen LogP contribution in [-0.4, -0.2) is 30.5 Å². The zero-order valence-corrected chi connectivity index (χ0v) is 11.9. The molecule has 0 amide bonds. The van der Waals surface area contributed by atoms with Gasteiger partial charge in [-0.25, -0.2) is 0 Å². The Balaban J connectivity index is 2.02. The van der Waals surface area contributed by atoms with Crippen molar-refractivity contribution < 1.29 is 14.6 Å². The van der Waals surface area contributed by atoms with E-state index in [1.807, 2.05) is 25.1 Å². The number of benzene rings is 1. The normalized spacial score (nSPS) is 20.5. The minimum absolute atomic E-state index is 0.271. The van der Waals surface area contributed by atoms with Crippen molar-refractivity contribution >= 4 is 0 Å². The van der Waals surface area contributed by atoms with Crippen molar-refractivity contribution in [3.63, 3.8) is 0 Å². The second kappa shape index (κ2) is 5.80. The predicted molar refractivity (Wildman–Crippen MR) is 74.8 cm³/mol. The van der Waals surface area contributed by atoms with E-state index < -0.39 is 5.60 Å². The summed E-state index contributed by atoms with van der Waals surface area (Å²) >= 11 is 0. The highest BCUT2D eigenvalue weighted by molar-refractivity contribution is 5.45. The Morgan fingerprint density at radius 3 is 2.95 bits per heavy atom. The number of fused-ring (bicyclic) bond motifs is 1. The Labute approximate surface area is 114 Å². The van der Waals surface area contributed by atoms with E-state index in [0.717, 1.165) is 18.0 Å². The van der Waals surface area contributed by atoms with Gasteiger partial charge in [0.05, 0.1) is 11.6 Å². The highest BCUT2D eigenvalue weighted by Gasteiger charge is 2.24. The first-order chi connectivity index (χ1) is 9.05. The molecule has 0 bridgehead atoms. The van der Waals surface area contributed by atoms with Crippen LogP contribution in [0.4, 0.5) is 0 Å². The Morgan fingerprint density at radius 1 is 1.47 bits per heavy atom. The third-order valence-electron chi connectivity index (χ3n) is 3.53. The van der Waals surface area contributed by atoms with Crippen molar-refractivity contribution in [3.8, 4) is 11.5 Å². The van der Waals surface area contributed by atoms with Gasteiger partial charge in [-0.3, -0.25) is 0 Å². The van der Waals surface area contributed by atoms with Crippen molar-refractivity contribution in [1.82, 2.24) is 5.32 Å². The van der Waals surface area contributed by atoms with Gasteiger partial charge in [0.1, 0.15) is 24.7 Å². The summed E-state index contributed by atoms with van der Waals surface area (Å²) < 4.78 is 11.3. The molecule has 0 saturated carbocycles. The van der Waals surface area contributed by atoms with Crippen molar-refractivity contribution in [1.29, 1.82) is 0 Å². The number of hydrogen-bond donors (Lipinski definition) is 2. The highest BCUT2D eigenvalue weighted by Crippen LogP contribution is 2.35. The van der Waals surface area contributed by atoms with Crippen LogP contribution in [0.5, 0.6) is 11.5 Å². The first-order valence-electron chi connectivity index (χ1n) is 6.91.